The van der Waals surface area contributed by atoms with E-state index in [0.717, 1.165) is 12.1 Å². The van der Waals surface area contributed by atoms with E-state index < -0.39 is 35.4 Å². The van der Waals surface area contributed by atoms with Crippen LogP contribution in [0.15, 0.2) is 18.2 Å². The zero-order valence-corrected chi connectivity index (χ0v) is 10.1. The van der Waals surface area contributed by atoms with Gasteiger partial charge in [0.2, 0.25) is 0 Å². The summed E-state index contributed by atoms with van der Waals surface area (Å²) in [7, 11) is 0. The second kappa shape index (κ2) is 6.18. The van der Waals surface area contributed by atoms with Gasteiger partial charge in [-0.3, -0.25) is 4.79 Å². The molecule has 1 aromatic rings. The number of hydrogen-bond donors (Lipinski definition) is 0. The molecular weight excluding hydrogens is 295 g/mol. The Hall–Kier alpha value is -1.37. The smallest absolute Gasteiger partial charge is 0.417 e. The second-order valence-corrected chi connectivity index (χ2v) is 3.82. The molecular formula is C11H8ClF5O2. The summed E-state index contributed by atoms with van der Waals surface area (Å²) < 4.78 is 66.0. The standard InChI is InChI=1S/C11H8ClF5O2/c12-4-3-9(18)7-2-1-6(19-10(13)14)5-8(7)11(15,16)17/h1-2,5,10H,3-4H2. The van der Waals surface area contributed by atoms with E-state index in [2.05, 4.69) is 4.74 Å². The Morgan fingerprint density at radius 1 is 1.32 bits per heavy atom. The molecule has 0 radical (unpaired) electrons. The summed E-state index contributed by atoms with van der Waals surface area (Å²) in [6, 6.07) is 2.05. The van der Waals surface area contributed by atoms with Gasteiger partial charge in [0.25, 0.3) is 0 Å². The number of hydrogen-bond acceptors (Lipinski definition) is 2. The van der Waals surface area contributed by atoms with Crippen molar-refractivity contribution < 1.29 is 31.5 Å². The van der Waals surface area contributed by atoms with Gasteiger partial charge in [0.1, 0.15) is 5.75 Å². The highest BCUT2D eigenvalue weighted by molar-refractivity contribution is 6.19. The Morgan fingerprint density at radius 2 is 1.95 bits per heavy atom. The van der Waals surface area contributed by atoms with Gasteiger partial charge in [0, 0.05) is 17.9 Å². The molecule has 0 aromatic heterocycles. The fourth-order valence-corrected chi connectivity index (χ4v) is 1.57. The van der Waals surface area contributed by atoms with E-state index in [4.69, 9.17) is 11.6 Å². The van der Waals surface area contributed by atoms with Crippen LogP contribution in [0, 0.1) is 0 Å². The lowest BCUT2D eigenvalue weighted by atomic mass is 10.0. The van der Waals surface area contributed by atoms with E-state index in [1.165, 1.54) is 0 Å². The zero-order chi connectivity index (χ0) is 14.6. The van der Waals surface area contributed by atoms with Gasteiger partial charge in [0.15, 0.2) is 5.78 Å². The van der Waals surface area contributed by atoms with Crippen LogP contribution in [-0.4, -0.2) is 18.3 Å². The molecule has 1 aromatic carbocycles. The minimum absolute atomic E-state index is 0.134. The van der Waals surface area contributed by atoms with Crippen LogP contribution >= 0.6 is 11.6 Å². The van der Waals surface area contributed by atoms with E-state index in [1.54, 1.807) is 0 Å². The third-order valence-corrected chi connectivity index (χ3v) is 2.33. The van der Waals surface area contributed by atoms with Crippen LogP contribution < -0.4 is 4.74 Å². The number of carbonyl (C=O) groups excluding carboxylic acids is 1. The Bertz CT molecular complexity index is 459. The molecule has 0 aliphatic heterocycles. The highest BCUT2D eigenvalue weighted by atomic mass is 35.5. The van der Waals surface area contributed by atoms with Crippen LogP contribution in [0.25, 0.3) is 0 Å². The molecule has 0 heterocycles. The van der Waals surface area contributed by atoms with Crippen molar-refractivity contribution in [2.75, 3.05) is 5.88 Å². The lowest BCUT2D eigenvalue weighted by molar-refractivity contribution is -0.138. The maximum Gasteiger partial charge on any atom is 0.417 e. The summed E-state index contributed by atoms with van der Waals surface area (Å²) in [5.41, 5.74) is -1.93. The van der Waals surface area contributed by atoms with Crippen LogP contribution in [0.5, 0.6) is 5.75 Å². The molecule has 0 saturated carbocycles. The fourth-order valence-electron chi connectivity index (χ4n) is 1.40. The molecule has 0 atom stereocenters. The molecule has 0 amide bonds. The van der Waals surface area contributed by atoms with E-state index in [1.807, 2.05) is 0 Å². The van der Waals surface area contributed by atoms with Crippen molar-refractivity contribution in [1.82, 2.24) is 0 Å². The first-order valence-electron chi connectivity index (χ1n) is 5.01. The Balaban J connectivity index is 3.21. The van der Waals surface area contributed by atoms with Crippen molar-refractivity contribution >= 4 is 17.4 Å². The highest BCUT2D eigenvalue weighted by Gasteiger charge is 2.35. The van der Waals surface area contributed by atoms with Gasteiger partial charge < -0.3 is 4.74 Å². The Kier molecular flexibility index (Phi) is 5.11. The van der Waals surface area contributed by atoms with Crippen LogP contribution in [0.3, 0.4) is 0 Å². The van der Waals surface area contributed by atoms with Gasteiger partial charge in [-0.25, -0.2) is 0 Å². The van der Waals surface area contributed by atoms with Crippen LogP contribution in [-0.2, 0) is 6.18 Å². The van der Waals surface area contributed by atoms with Crippen molar-refractivity contribution in [3.63, 3.8) is 0 Å². The van der Waals surface area contributed by atoms with Crippen LogP contribution in [0.4, 0.5) is 22.0 Å². The van der Waals surface area contributed by atoms with E-state index in [-0.39, 0.29) is 12.3 Å². The van der Waals surface area contributed by atoms with E-state index in [9.17, 15) is 26.7 Å². The molecule has 0 N–H and O–H groups in total. The normalized spacial score (nSPS) is 11.7. The van der Waals surface area contributed by atoms with Crippen LogP contribution in [0.2, 0.25) is 0 Å². The van der Waals surface area contributed by atoms with Gasteiger partial charge in [-0.2, -0.15) is 22.0 Å². The SMILES string of the molecule is O=C(CCCl)c1ccc(OC(F)F)cc1C(F)(F)F. The molecule has 0 saturated heterocycles. The summed E-state index contributed by atoms with van der Waals surface area (Å²) >= 11 is 5.29. The van der Waals surface area contributed by atoms with Crippen LogP contribution in [0.1, 0.15) is 22.3 Å². The number of rotatable bonds is 5. The maximum absolute atomic E-state index is 12.7. The molecule has 0 bridgehead atoms. The minimum atomic E-state index is -4.85. The molecule has 0 aliphatic carbocycles. The first kappa shape index (κ1) is 15.7. The van der Waals surface area contributed by atoms with Crippen molar-refractivity contribution in [2.24, 2.45) is 0 Å². The number of Topliss-reactive ketones (excluding diaryl/α,β-unsaturated/α-hetero) is 1. The lowest BCUT2D eigenvalue weighted by Gasteiger charge is -2.14. The minimum Gasteiger partial charge on any atom is -0.435 e. The summed E-state index contributed by atoms with van der Waals surface area (Å²) in [6.07, 6.45) is -5.13. The number of carbonyl (C=O) groups is 1. The zero-order valence-electron chi connectivity index (χ0n) is 9.31. The Morgan fingerprint density at radius 3 is 2.42 bits per heavy atom. The lowest BCUT2D eigenvalue weighted by Crippen LogP contribution is -2.14. The molecule has 1 rings (SSSR count). The number of ether oxygens (including phenoxy) is 1. The number of benzene rings is 1. The number of halogens is 6. The van der Waals surface area contributed by atoms with Gasteiger partial charge in [-0.15, -0.1) is 11.6 Å². The molecule has 106 valence electrons. The first-order chi connectivity index (χ1) is 8.75. The summed E-state index contributed by atoms with van der Waals surface area (Å²) in [5.74, 6) is -1.61. The van der Waals surface area contributed by atoms with Crippen molar-refractivity contribution in [2.45, 2.75) is 19.2 Å². The predicted molar refractivity (Wildman–Crippen MR) is 57.7 cm³/mol. The van der Waals surface area contributed by atoms with Gasteiger partial charge in [-0.05, 0) is 18.2 Å². The van der Waals surface area contributed by atoms with E-state index in [0.29, 0.717) is 6.07 Å². The van der Waals surface area contributed by atoms with Gasteiger partial charge >= 0.3 is 12.8 Å². The molecule has 0 aliphatic rings. The average molecular weight is 303 g/mol. The predicted octanol–water partition coefficient (Wildman–Crippen LogP) is 4.12. The van der Waals surface area contributed by atoms with Crippen molar-refractivity contribution in [3.05, 3.63) is 29.3 Å². The average Bonchev–Trinajstić information content (AvgIpc) is 2.27. The van der Waals surface area contributed by atoms with E-state index >= 15 is 0 Å². The molecule has 2 nitrogen and oxygen atoms in total. The summed E-state index contributed by atoms with van der Waals surface area (Å²) in [6.45, 7) is -3.24. The third kappa shape index (κ3) is 4.34. The van der Waals surface area contributed by atoms with Gasteiger partial charge in [-0.1, -0.05) is 0 Å². The van der Waals surface area contributed by atoms with Gasteiger partial charge in [0.05, 0.1) is 5.56 Å². The Labute approximate surface area is 110 Å². The second-order valence-electron chi connectivity index (χ2n) is 3.45. The number of ketones is 1. The van der Waals surface area contributed by atoms with Crippen molar-refractivity contribution in [3.8, 4) is 5.75 Å². The van der Waals surface area contributed by atoms with Crippen molar-refractivity contribution in [1.29, 1.82) is 0 Å². The monoisotopic (exact) mass is 302 g/mol. The third-order valence-electron chi connectivity index (χ3n) is 2.14. The largest absolute Gasteiger partial charge is 0.435 e. The molecule has 0 unspecified atom stereocenters. The highest BCUT2D eigenvalue weighted by Crippen LogP contribution is 2.35. The topological polar surface area (TPSA) is 26.3 Å². The fraction of sp³-hybridized carbons (Fsp3) is 0.364. The first-order valence-corrected chi connectivity index (χ1v) is 5.54. The maximum atomic E-state index is 12.7. The molecule has 0 spiro atoms. The number of alkyl halides is 6. The summed E-state index contributed by atoms with van der Waals surface area (Å²) in [5, 5.41) is 0. The quantitative estimate of drug-likeness (QED) is 0.464. The molecule has 0 fully saturated rings. The molecule has 8 heteroatoms. The molecule has 19 heavy (non-hydrogen) atoms. The summed E-state index contributed by atoms with van der Waals surface area (Å²) in [4.78, 5) is 11.5.